The summed E-state index contributed by atoms with van der Waals surface area (Å²) < 4.78 is 51.0. The summed E-state index contributed by atoms with van der Waals surface area (Å²) in [5.41, 5.74) is 7.19. The molecule has 0 aliphatic carbocycles. The Labute approximate surface area is 293 Å². The number of amides is 3. The lowest BCUT2D eigenvalue weighted by Gasteiger charge is -2.32. The second-order valence-corrected chi connectivity index (χ2v) is 15.7. The number of nitrogens with zero attached hydrogens (tertiary/aromatic N) is 3. The minimum atomic E-state index is -4.92. The van der Waals surface area contributed by atoms with Crippen LogP contribution in [-0.2, 0) is 28.6 Å². The number of anilines is 3. The topological polar surface area (TPSA) is 192 Å². The smallest absolute Gasteiger partial charge is 0.399 e. The van der Waals surface area contributed by atoms with Gasteiger partial charge in [-0.15, -0.1) is 0 Å². The van der Waals surface area contributed by atoms with Crippen LogP contribution in [0.1, 0.15) is 46.5 Å². The first-order valence-corrected chi connectivity index (χ1v) is 19.7. The van der Waals surface area contributed by atoms with Gasteiger partial charge in [-0.1, -0.05) is 45.0 Å². The number of carbonyl (C=O) groups is 2. The fraction of sp³-hybridized carbons (Fsp3) is 0.471. The Morgan fingerprint density at radius 1 is 1.04 bits per heavy atom. The number of morpholine rings is 1. The van der Waals surface area contributed by atoms with Gasteiger partial charge in [-0.2, -0.15) is 4.31 Å². The molecule has 0 bridgehead atoms. The van der Waals surface area contributed by atoms with E-state index >= 15 is 0 Å². The van der Waals surface area contributed by atoms with Crippen molar-refractivity contribution in [3.8, 4) is 0 Å². The maximum Gasteiger partial charge on any atom is 0.469 e. The van der Waals surface area contributed by atoms with E-state index in [1.807, 2.05) is 50.2 Å². The lowest BCUT2D eigenvalue weighted by atomic mass is 10.1. The second-order valence-electron chi connectivity index (χ2n) is 12.6. The molecular weight excluding hydrogens is 685 g/mol. The lowest BCUT2D eigenvalue weighted by molar-refractivity contribution is -0.118. The molecule has 16 heteroatoms. The summed E-state index contributed by atoms with van der Waals surface area (Å²) in [4.78, 5) is 49.0. The molecular formula is C34H48N5O9PS. The predicted octanol–water partition coefficient (Wildman–Crippen LogP) is 5.02. The number of urea groups is 1. The SMILES string of the molecule is CCC(=O)N(CCCCC(COP(=O)(O)O)N(CC(C)C)S(=O)(=O)c1ccc(N)cc1)c1cc2ccccc2cc1NC(=O)N1CCOCC1. The van der Waals surface area contributed by atoms with Crippen molar-refractivity contribution >= 4 is 57.6 Å². The fourth-order valence-corrected chi connectivity index (χ4v) is 7.98. The quantitative estimate of drug-likeness (QED) is 0.0883. The van der Waals surface area contributed by atoms with E-state index in [4.69, 9.17) is 15.0 Å². The molecule has 4 rings (SSSR count). The third-order valence-electron chi connectivity index (χ3n) is 8.34. The normalized spacial score (nSPS) is 14.7. The molecule has 5 N–H and O–H groups in total. The number of carbonyl (C=O) groups excluding carboxylic acids is 2. The molecule has 14 nitrogen and oxygen atoms in total. The molecule has 1 aliphatic heterocycles. The molecule has 3 aromatic rings. The number of ether oxygens (including phenoxy) is 1. The maximum absolute atomic E-state index is 13.9. The van der Waals surface area contributed by atoms with Gasteiger partial charge in [0.1, 0.15) is 0 Å². The molecule has 0 radical (unpaired) electrons. The summed E-state index contributed by atoms with van der Waals surface area (Å²) in [5.74, 6) is -0.288. The van der Waals surface area contributed by atoms with Gasteiger partial charge in [-0.25, -0.2) is 17.8 Å². The van der Waals surface area contributed by atoms with Crippen molar-refractivity contribution in [3.05, 3.63) is 60.7 Å². The van der Waals surface area contributed by atoms with Crippen LogP contribution in [-0.4, -0.2) is 91.4 Å². The first-order chi connectivity index (χ1) is 23.7. The number of phosphoric ester groups is 1. The van der Waals surface area contributed by atoms with E-state index in [9.17, 15) is 32.4 Å². The van der Waals surface area contributed by atoms with Crippen LogP contribution in [0.3, 0.4) is 0 Å². The standard InChI is InChI=1S/C34H48N5O9PS/c1-4-33(40)38(32-22-27-10-6-5-9-26(27)21-31(32)36-34(41)37-17-19-47-20-18-37)16-8-7-11-29(24-48-49(42,43)44)39(23-25(2)3)50(45,46)30-14-12-28(35)13-15-30/h5-6,9-10,12-15,21-22,25,29H,4,7-8,11,16-20,23-24,35H2,1-3H3,(H,36,41)(H2,42,43,44). The Hall–Kier alpha value is -3.56. The number of unbranched alkanes of at least 4 members (excludes halogenated alkanes) is 1. The molecule has 1 unspecified atom stereocenters. The number of benzene rings is 3. The summed E-state index contributed by atoms with van der Waals surface area (Å²) in [6.45, 7) is 7.00. The van der Waals surface area contributed by atoms with Crippen molar-refractivity contribution in [3.63, 3.8) is 0 Å². The van der Waals surface area contributed by atoms with Gasteiger partial charge >= 0.3 is 13.9 Å². The molecule has 0 spiro atoms. The number of hydrogen-bond acceptors (Lipinski definition) is 8. The predicted molar refractivity (Wildman–Crippen MR) is 193 cm³/mol. The Morgan fingerprint density at radius 3 is 2.28 bits per heavy atom. The molecule has 1 aliphatic rings. The van der Waals surface area contributed by atoms with Gasteiger partial charge in [-0.3, -0.25) is 9.32 Å². The van der Waals surface area contributed by atoms with Crippen molar-refractivity contribution in [1.29, 1.82) is 0 Å². The molecule has 274 valence electrons. The third kappa shape index (κ3) is 10.7. The highest BCUT2D eigenvalue weighted by atomic mass is 32.2. The largest absolute Gasteiger partial charge is 0.469 e. The van der Waals surface area contributed by atoms with Crippen molar-refractivity contribution < 1.29 is 41.6 Å². The van der Waals surface area contributed by atoms with Crippen molar-refractivity contribution in [1.82, 2.24) is 9.21 Å². The minimum Gasteiger partial charge on any atom is -0.399 e. The van der Waals surface area contributed by atoms with E-state index in [0.717, 1.165) is 10.8 Å². The summed E-state index contributed by atoms with van der Waals surface area (Å²) in [6, 6.07) is 15.9. The van der Waals surface area contributed by atoms with E-state index in [1.54, 1.807) is 16.7 Å². The fourth-order valence-electron chi connectivity index (χ4n) is 5.80. The van der Waals surface area contributed by atoms with E-state index in [0.29, 0.717) is 56.2 Å². The van der Waals surface area contributed by atoms with Crippen LogP contribution in [0.5, 0.6) is 0 Å². The zero-order valence-corrected chi connectivity index (χ0v) is 30.4. The summed E-state index contributed by atoms with van der Waals surface area (Å²) >= 11 is 0. The van der Waals surface area contributed by atoms with E-state index in [-0.39, 0.29) is 48.7 Å². The Bertz CT molecular complexity index is 1760. The van der Waals surface area contributed by atoms with Gasteiger partial charge in [-0.05, 0) is 72.4 Å². The molecule has 0 aromatic heterocycles. The van der Waals surface area contributed by atoms with Gasteiger partial charge in [0.2, 0.25) is 15.9 Å². The van der Waals surface area contributed by atoms with Crippen molar-refractivity contribution in [2.75, 3.05) is 62.0 Å². The molecule has 1 atom stereocenters. The maximum atomic E-state index is 13.9. The second kappa shape index (κ2) is 17.6. The Morgan fingerprint density at radius 2 is 1.68 bits per heavy atom. The van der Waals surface area contributed by atoms with Crippen LogP contribution in [0.2, 0.25) is 0 Å². The van der Waals surface area contributed by atoms with Crippen molar-refractivity contribution in [2.24, 2.45) is 5.92 Å². The molecule has 1 saturated heterocycles. The zero-order chi connectivity index (χ0) is 36.5. The first-order valence-electron chi connectivity index (χ1n) is 16.7. The number of sulfonamides is 1. The highest BCUT2D eigenvalue weighted by Gasteiger charge is 2.34. The minimum absolute atomic E-state index is 0.00351. The molecule has 0 saturated carbocycles. The van der Waals surface area contributed by atoms with Gasteiger partial charge in [0.15, 0.2) is 0 Å². The summed E-state index contributed by atoms with van der Waals surface area (Å²) in [5, 5.41) is 4.77. The number of phosphoric acid groups is 1. The number of fused-ring (bicyclic) bond motifs is 1. The number of nitrogens with one attached hydrogen (secondary N) is 1. The van der Waals surface area contributed by atoms with Gasteiger partial charge < -0.3 is 35.4 Å². The average molecular weight is 734 g/mol. The number of rotatable bonds is 16. The van der Waals surface area contributed by atoms with Crippen LogP contribution < -0.4 is 16.0 Å². The van der Waals surface area contributed by atoms with E-state index in [2.05, 4.69) is 5.32 Å². The zero-order valence-electron chi connectivity index (χ0n) is 28.7. The number of nitrogen functional groups attached to an aromatic ring is 1. The van der Waals surface area contributed by atoms with E-state index in [1.165, 1.54) is 28.6 Å². The number of nitrogens with two attached hydrogens (primary N) is 1. The molecule has 1 heterocycles. The van der Waals surface area contributed by atoms with Crippen LogP contribution in [0, 0.1) is 5.92 Å². The van der Waals surface area contributed by atoms with Crippen LogP contribution in [0.15, 0.2) is 65.6 Å². The van der Waals surface area contributed by atoms with Crippen LogP contribution >= 0.6 is 7.82 Å². The third-order valence-corrected chi connectivity index (χ3v) is 10.8. The average Bonchev–Trinajstić information content (AvgIpc) is 3.08. The van der Waals surface area contributed by atoms with Crippen LogP contribution in [0.25, 0.3) is 10.8 Å². The van der Waals surface area contributed by atoms with E-state index < -0.39 is 30.5 Å². The number of hydrogen-bond donors (Lipinski definition) is 4. The molecule has 3 aromatic carbocycles. The molecule has 3 amide bonds. The summed E-state index contributed by atoms with van der Waals surface area (Å²) in [6.07, 6.45) is 1.19. The monoisotopic (exact) mass is 733 g/mol. The van der Waals surface area contributed by atoms with Gasteiger partial charge in [0.25, 0.3) is 0 Å². The van der Waals surface area contributed by atoms with Gasteiger partial charge in [0.05, 0.1) is 36.1 Å². The first kappa shape index (κ1) is 39.2. The molecule has 1 fully saturated rings. The highest BCUT2D eigenvalue weighted by Crippen LogP contribution is 2.37. The summed E-state index contributed by atoms with van der Waals surface area (Å²) in [7, 11) is -9.03. The molecule has 50 heavy (non-hydrogen) atoms. The highest BCUT2D eigenvalue weighted by molar-refractivity contribution is 7.89. The Balaban J connectivity index is 1.59. The Kier molecular flexibility index (Phi) is 13.8. The van der Waals surface area contributed by atoms with Crippen LogP contribution in [0.4, 0.5) is 21.9 Å². The lowest BCUT2D eigenvalue weighted by Crippen LogP contribution is -2.45. The van der Waals surface area contributed by atoms with Crippen molar-refractivity contribution in [2.45, 2.75) is 57.4 Å². The van der Waals surface area contributed by atoms with Gasteiger partial charge in [0, 0.05) is 44.3 Å².